The second-order valence-corrected chi connectivity index (χ2v) is 4.73. The third kappa shape index (κ3) is 3.47. The van der Waals surface area contributed by atoms with E-state index in [1.54, 1.807) is 0 Å². The monoisotopic (exact) mass is 214 g/mol. The summed E-state index contributed by atoms with van der Waals surface area (Å²) in [6.45, 7) is 1.93. The highest BCUT2D eigenvalue weighted by molar-refractivity contribution is 5.71. The first-order chi connectivity index (χ1) is 7.02. The van der Waals surface area contributed by atoms with Crippen LogP contribution < -0.4 is 0 Å². The standard InChI is InChI=1S/C11H22N2O2/c1-12(2)7-8-13(3)10-6-4-5-9(10)11(14)15/h9-10H,4-8H2,1-3H3,(H,14,15). The summed E-state index contributed by atoms with van der Waals surface area (Å²) >= 11 is 0. The average Bonchev–Trinajstić information content (AvgIpc) is 2.62. The van der Waals surface area contributed by atoms with Gasteiger partial charge in [0.15, 0.2) is 0 Å². The molecule has 0 aliphatic heterocycles. The minimum atomic E-state index is -0.630. The molecule has 15 heavy (non-hydrogen) atoms. The van der Waals surface area contributed by atoms with Gasteiger partial charge >= 0.3 is 5.97 Å². The number of carbonyl (C=O) groups is 1. The van der Waals surface area contributed by atoms with Crippen molar-refractivity contribution >= 4 is 5.97 Å². The molecule has 0 radical (unpaired) electrons. The van der Waals surface area contributed by atoms with E-state index in [2.05, 4.69) is 9.80 Å². The van der Waals surface area contributed by atoms with Crippen LogP contribution in [0.3, 0.4) is 0 Å². The molecule has 1 aliphatic rings. The molecule has 1 aliphatic carbocycles. The summed E-state index contributed by atoms with van der Waals surface area (Å²) in [6.07, 6.45) is 2.92. The fourth-order valence-corrected chi connectivity index (χ4v) is 2.28. The van der Waals surface area contributed by atoms with E-state index in [0.717, 1.165) is 32.4 Å². The van der Waals surface area contributed by atoms with Gasteiger partial charge in [0.1, 0.15) is 0 Å². The first-order valence-corrected chi connectivity index (χ1v) is 5.60. The van der Waals surface area contributed by atoms with Crippen LogP contribution in [0.15, 0.2) is 0 Å². The molecule has 1 saturated carbocycles. The van der Waals surface area contributed by atoms with Gasteiger partial charge < -0.3 is 14.9 Å². The Hall–Kier alpha value is -0.610. The minimum absolute atomic E-state index is 0.155. The second kappa shape index (κ2) is 5.47. The van der Waals surface area contributed by atoms with Gasteiger partial charge in [0.25, 0.3) is 0 Å². The van der Waals surface area contributed by atoms with Gasteiger partial charge in [0.05, 0.1) is 5.92 Å². The van der Waals surface area contributed by atoms with E-state index in [9.17, 15) is 4.79 Å². The molecule has 1 fully saturated rings. The van der Waals surface area contributed by atoms with E-state index in [4.69, 9.17) is 5.11 Å². The summed E-state index contributed by atoms with van der Waals surface area (Å²) in [4.78, 5) is 15.3. The molecule has 0 spiro atoms. The third-order valence-electron chi connectivity index (χ3n) is 3.26. The number of nitrogens with zero attached hydrogens (tertiary/aromatic N) is 2. The summed E-state index contributed by atoms with van der Waals surface area (Å²) in [5.74, 6) is -0.786. The second-order valence-electron chi connectivity index (χ2n) is 4.73. The van der Waals surface area contributed by atoms with Crippen LogP contribution in [0.5, 0.6) is 0 Å². The molecule has 4 heteroatoms. The van der Waals surface area contributed by atoms with Crippen LogP contribution in [-0.4, -0.2) is 61.2 Å². The van der Waals surface area contributed by atoms with Crippen molar-refractivity contribution in [3.63, 3.8) is 0 Å². The van der Waals surface area contributed by atoms with Gasteiger partial charge in [0.2, 0.25) is 0 Å². The van der Waals surface area contributed by atoms with E-state index in [1.807, 2.05) is 21.1 Å². The van der Waals surface area contributed by atoms with Gasteiger partial charge in [-0.05, 0) is 34.0 Å². The smallest absolute Gasteiger partial charge is 0.308 e. The quantitative estimate of drug-likeness (QED) is 0.733. The molecule has 0 bridgehead atoms. The summed E-state index contributed by atoms with van der Waals surface area (Å²) < 4.78 is 0. The predicted molar refractivity (Wildman–Crippen MR) is 59.9 cm³/mol. The molecule has 0 amide bonds. The molecule has 0 aromatic heterocycles. The predicted octanol–water partition coefficient (Wildman–Crippen LogP) is 0.733. The fraction of sp³-hybridized carbons (Fsp3) is 0.909. The van der Waals surface area contributed by atoms with Gasteiger partial charge in [-0.2, -0.15) is 0 Å². The number of hydrogen-bond donors (Lipinski definition) is 1. The molecule has 0 saturated heterocycles. The molecule has 1 N–H and O–H groups in total. The van der Waals surface area contributed by atoms with Crippen molar-refractivity contribution in [1.82, 2.24) is 9.80 Å². The Morgan fingerprint density at radius 3 is 2.47 bits per heavy atom. The lowest BCUT2D eigenvalue weighted by molar-refractivity contribution is -0.143. The van der Waals surface area contributed by atoms with E-state index >= 15 is 0 Å². The van der Waals surface area contributed by atoms with E-state index < -0.39 is 5.97 Å². The molecular weight excluding hydrogens is 192 g/mol. The van der Waals surface area contributed by atoms with Crippen molar-refractivity contribution in [2.75, 3.05) is 34.2 Å². The van der Waals surface area contributed by atoms with Crippen LogP contribution in [0, 0.1) is 5.92 Å². The normalized spacial score (nSPS) is 26.5. The van der Waals surface area contributed by atoms with Crippen LogP contribution in [0.2, 0.25) is 0 Å². The number of hydrogen-bond acceptors (Lipinski definition) is 3. The Bertz CT molecular complexity index is 219. The number of likely N-dealkylation sites (N-methyl/N-ethyl adjacent to an activating group) is 2. The number of rotatable bonds is 5. The maximum absolute atomic E-state index is 11.0. The molecule has 2 atom stereocenters. The Kier molecular flexibility index (Phi) is 4.54. The Morgan fingerprint density at radius 1 is 1.27 bits per heavy atom. The first-order valence-electron chi connectivity index (χ1n) is 5.60. The summed E-state index contributed by atoms with van der Waals surface area (Å²) in [5.41, 5.74) is 0. The average molecular weight is 214 g/mol. The zero-order valence-corrected chi connectivity index (χ0v) is 9.94. The first kappa shape index (κ1) is 12.5. The van der Waals surface area contributed by atoms with Gasteiger partial charge in [0, 0.05) is 19.1 Å². The molecule has 4 nitrogen and oxygen atoms in total. The van der Waals surface area contributed by atoms with Crippen molar-refractivity contribution in [2.24, 2.45) is 5.92 Å². The van der Waals surface area contributed by atoms with Gasteiger partial charge in [-0.1, -0.05) is 6.42 Å². The Labute approximate surface area is 91.9 Å². The number of aliphatic carboxylic acids is 1. The fourth-order valence-electron chi connectivity index (χ4n) is 2.28. The van der Waals surface area contributed by atoms with Crippen molar-refractivity contribution < 1.29 is 9.90 Å². The highest BCUT2D eigenvalue weighted by Crippen LogP contribution is 2.29. The summed E-state index contributed by atoms with van der Waals surface area (Å²) in [7, 11) is 6.11. The van der Waals surface area contributed by atoms with Crippen molar-refractivity contribution in [3.8, 4) is 0 Å². The summed E-state index contributed by atoms with van der Waals surface area (Å²) in [5, 5.41) is 9.07. The number of carboxylic acids is 1. The van der Waals surface area contributed by atoms with Crippen LogP contribution in [0.25, 0.3) is 0 Å². The molecule has 2 unspecified atom stereocenters. The van der Waals surface area contributed by atoms with Crippen molar-refractivity contribution in [3.05, 3.63) is 0 Å². The molecule has 1 rings (SSSR count). The largest absolute Gasteiger partial charge is 0.481 e. The van der Waals surface area contributed by atoms with Crippen LogP contribution in [0.4, 0.5) is 0 Å². The van der Waals surface area contributed by atoms with E-state index in [-0.39, 0.29) is 12.0 Å². The molecule has 0 aromatic carbocycles. The topological polar surface area (TPSA) is 43.8 Å². The molecular formula is C11H22N2O2. The van der Waals surface area contributed by atoms with Crippen LogP contribution in [-0.2, 0) is 4.79 Å². The number of carboxylic acid groups (broad SMARTS) is 1. The van der Waals surface area contributed by atoms with Crippen LogP contribution in [0.1, 0.15) is 19.3 Å². The van der Waals surface area contributed by atoms with Crippen molar-refractivity contribution in [1.29, 1.82) is 0 Å². The Morgan fingerprint density at radius 2 is 1.93 bits per heavy atom. The SMILES string of the molecule is CN(C)CCN(C)C1CCCC1C(=O)O. The van der Waals surface area contributed by atoms with Gasteiger partial charge in [-0.3, -0.25) is 4.79 Å². The maximum Gasteiger partial charge on any atom is 0.308 e. The van der Waals surface area contributed by atoms with Crippen LogP contribution >= 0.6 is 0 Å². The third-order valence-corrected chi connectivity index (χ3v) is 3.26. The maximum atomic E-state index is 11.0. The minimum Gasteiger partial charge on any atom is -0.481 e. The zero-order chi connectivity index (χ0) is 11.4. The summed E-state index contributed by atoms with van der Waals surface area (Å²) in [6, 6.07) is 0.238. The molecule has 88 valence electrons. The Balaban J connectivity index is 2.43. The lowest BCUT2D eigenvalue weighted by Crippen LogP contribution is -2.41. The zero-order valence-electron chi connectivity index (χ0n) is 9.94. The van der Waals surface area contributed by atoms with E-state index in [0.29, 0.717) is 0 Å². The van der Waals surface area contributed by atoms with Crippen molar-refractivity contribution in [2.45, 2.75) is 25.3 Å². The van der Waals surface area contributed by atoms with Gasteiger partial charge in [-0.15, -0.1) is 0 Å². The van der Waals surface area contributed by atoms with Gasteiger partial charge in [-0.25, -0.2) is 0 Å². The highest BCUT2D eigenvalue weighted by Gasteiger charge is 2.35. The lowest BCUT2D eigenvalue weighted by Gasteiger charge is -2.28. The molecule has 0 aromatic rings. The lowest BCUT2D eigenvalue weighted by atomic mass is 10.0. The van der Waals surface area contributed by atoms with E-state index in [1.165, 1.54) is 0 Å². The molecule has 0 heterocycles. The highest BCUT2D eigenvalue weighted by atomic mass is 16.4.